The molecule has 0 aliphatic carbocycles. The van der Waals surface area contributed by atoms with Crippen LogP contribution >= 0.6 is 0 Å². The van der Waals surface area contributed by atoms with Gasteiger partial charge in [0, 0.05) is 23.7 Å². The molecule has 1 rings (SSSR count). The summed E-state index contributed by atoms with van der Waals surface area (Å²) < 4.78 is 0. The second kappa shape index (κ2) is 6.05. The van der Waals surface area contributed by atoms with Crippen LogP contribution in [-0.4, -0.2) is 23.0 Å². The van der Waals surface area contributed by atoms with Crippen LogP contribution in [0.5, 0.6) is 0 Å². The highest BCUT2D eigenvalue weighted by atomic mass is 16.4. The first kappa shape index (κ1) is 14.0. The summed E-state index contributed by atoms with van der Waals surface area (Å²) in [6.45, 7) is 3.71. The lowest BCUT2D eigenvalue weighted by molar-refractivity contribution is -0.137. The summed E-state index contributed by atoms with van der Waals surface area (Å²) in [5.74, 6) is -1.28. The molecule has 0 fully saturated rings. The molecule has 1 aromatic carbocycles. The van der Waals surface area contributed by atoms with Crippen LogP contribution in [-0.2, 0) is 4.79 Å². The number of carbonyl (C=O) groups excluding carboxylic acids is 1. The number of anilines is 1. The predicted octanol–water partition coefficient (Wildman–Crippen LogP) is 1.76. The number of carbonyl (C=O) groups is 2. The third kappa shape index (κ3) is 3.76. The Morgan fingerprint density at radius 3 is 2.67 bits per heavy atom. The third-order valence-electron chi connectivity index (χ3n) is 2.79. The van der Waals surface area contributed by atoms with Crippen LogP contribution in [0.3, 0.4) is 0 Å². The van der Waals surface area contributed by atoms with Gasteiger partial charge < -0.3 is 16.2 Å². The summed E-state index contributed by atoms with van der Waals surface area (Å²) in [6.07, 6.45) is 0.637. The first-order chi connectivity index (χ1) is 8.41. The SMILES string of the molecule is Cc1c(NC(C)CCC(=O)O)cccc1C(N)=O. The Balaban J connectivity index is 2.75. The van der Waals surface area contributed by atoms with Crippen LogP contribution in [0, 0.1) is 6.92 Å². The van der Waals surface area contributed by atoms with Crippen molar-refractivity contribution in [3.05, 3.63) is 29.3 Å². The first-order valence-electron chi connectivity index (χ1n) is 5.79. The molecule has 5 heteroatoms. The number of hydrogen-bond donors (Lipinski definition) is 3. The van der Waals surface area contributed by atoms with Crippen molar-refractivity contribution in [1.29, 1.82) is 0 Å². The van der Waals surface area contributed by atoms with Crippen molar-refractivity contribution in [3.63, 3.8) is 0 Å². The molecular formula is C13H18N2O3. The zero-order valence-corrected chi connectivity index (χ0v) is 10.6. The highest BCUT2D eigenvalue weighted by molar-refractivity contribution is 5.95. The Morgan fingerprint density at radius 2 is 2.11 bits per heavy atom. The monoisotopic (exact) mass is 250 g/mol. The molecule has 0 saturated carbocycles. The van der Waals surface area contributed by atoms with Crippen LogP contribution in [0.25, 0.3) is 0 Å². The van der Waals surface area contributed by atoms with Gasteiger partial charge in [-0.15, -0.1) is 0 Å². The van der Waals surface area contributed by atoms with Gasteiger partial charge in [-0.2, -0.15) is 0 Å². The number of aliphatic carboxylic acids is 1. The zero-order valence-electron chi connectivity index (χ0n) is 10.6. The molecule has 0 saturated heterocycles. The first-order valence-corrected chi connectivity index (χ1v) is 5.79. The number of nitrogens with one attached hydrogen (secondary N) is 1. The van der Waals surface area contributed by atoms with Crippen molar-refractivity contribution in [1.82, 2.24) is 0 Å². The van der Waals surface area contributed by atoms with E-state index in [0.29, 0.717) is 12.0 Å². The standard InChI is InChI=1S/C13H18N2O3/c1-8(6-7-12(16)17)15-11-5-3-4-10(9(11)2)13(14)18/h3-5,8,15H,6-7H2,1-2H3,(H2,14,18)(H,16,17). The van der Waals surface area contributed by atoms with Crippen LogP contribution in [0.1, 0.15) is 35.7 Å². The molecule has 0 heterocycles. The largest absolute Gasteiger partial charge is 0.481 e. The number of carboxylic acid groups (broad SMARTS) is 1. The highest BCUT2D eigenvalue weighted by Gasteiger charge is 2.11. The molecule has 0 bridgehead atoms. The zero-order chi connectivity index (χ0) is 13.7. The molecule has 0 spiro atoms. The molecular weight excluding hydrogens is 232 g/mol. The van der Waals surface area contributed by atoms with E-state index < -0.39 is 11.9 Å². The number of nitrogens with two attached hydrogens (primary N) is 1. The van der Waals surface area contributed by atoms with Gasteiger partial charge in [0.15, 0.2) is 0 Å². The van der Waals surface area contributed by atoms with Gasteiger partial charge in [0.1, 0.15) is 0 Å². The maximum Gasteiger partial charge on any atom is 0.303 e. The topological polar surface area (TPSA) is 92.4 Å². The van der Waals surface area contributed by atoms with Crippen LogP contribution in [0.4, 0.5) is 5.69 Å². The van der Waals surface area contributed by atoms with Gasteiger partial charge in [-0.25, -0.2) is 0 Å². The molecule has 18 heavy (non-hydrogen) atoms. The van der Waals surface area contributed by atoms with E-state index in [1.165, 1.54) is 0 Å². The van der Waals surface area contributed by atoms with Crippen LogP contribution < -0.4 is 11.1 Å². The quantitative estimate of drug-likeness (QED) is 0.717. The minimum atomic E-state index is -0.814. The van der Waals surface area contributed by atoms with E-state index in [0.717, 1.165) is 11.3 Å². The van der Waals surface area contributed by atoms with E-state index in [2.05, 4.69) is 5.32 Å². The second-order valence-electron chi connectivity index (χ2n) is 4.32. The van der Waals surface area contributed by atoms with E-state index in [-0.39, 0.29) is 12.5 Å². The third-order valence-corrected chi connectivity index (χ3v) is 2.79. The van der Waals surface area contributed by atoms with E-state index >= 15 is 0 Å². The minimum absolute atomic E-state index is 0.0166. The summed E-state index contributed by atoms with van der Waals surface area (Å²) in [4.78, 5) is 21.7. The fraction of sp³-hybridized carbons (Fsp3) is 0.385. The molecule has 0 radical (unpaired) electrons. The Labute approximate surface area is 106 Å². The second-order valence-corrected chi connectivity index (χ2v) is 4.32. The van der Waals surface area contributed by atoms with Gasteiger partial charge in [0.05, 0.1) is 0 Å². The van der Waals surface area contributed by atoms with Crippen molar-refractivity contribution in [2.24, 2.45) is 5.73 Å². The van der Waals surface area contributed by atoms with Gasteiger partial charge in [-0.1, -0.05) is 6.07 Å². The number of amides is 1. The van der Waals surface area contributed by atoms with Gasteiger partial charge in [-0.3, -0.25) is 9.59 Å². The van der Waals surface area contributed by atoms with Gasteiger partial charge in [-0.05, 0) is 38.0 Å². The molecule has 1 unspecified atom stereocenters. The predicted molar refractivity (Wildman–Crippen MR) is 69.7 cm³/mol. The van der Waals surface area contributed by atoms with E-state index in [1.807, 2.05) is 19.9 Å². The maximum atomic E-state index is 11.2. The van der Waals surface area contributed by atoms with Crippen LogP contribution in [0.2, 0.25) is 0 Å². The molecule has 1 aromatic rings. The minimum Gasteiger partial charge on any atom is -0.481 e. The number of hydrogen-bond acceptors (Lipinski definition) is 3. The van der Waals surface area contributed by atoms with Crippen molar-refractivity contribution in [2.75, 3.05) is 5.32 Å². The molecule has 5 nitrogen and oxygen atoms in total. The number of benzene rings is 1. The van der Waals surface area contributed by atoms with Gasteiger partial charge >= 0.3 is 5.97 Å². The Morgan fingerprint density at radius 1 is 1.44 bits per heavy atom. The van der Waals surface area contributed by atoms with Gasteiger partial charge in [0.25, 0.3) is 0 Å². The Hall–Kier alpha value is -2.04. The van der Waals surface area contributed by atoms with E-state index in [9.17, 15) is 9.59 Å². The summed E-state index contributed by atoms with van der Waals surface area (Å²) in [7, 11) is 0. The fourth-order valence-corrected chi connectivity index (χ4v) is 1.74. The summed E-state index contributed by atoms with van der Waals surface area (Å²) in [5.41, 5.74) is 7.34. The molecule has 4 N–H and O–H groups in total. The number of rotatable bonds is 6. The molecule has 0 aromatic heterocycles. The summed E-state index contributed by atoms with van der Waals surface area (Å²) in [6, 6.07) is 5.28. The Bertz CT molecular complexity index is 458. The van der Waals surface area contributed by atoms with E-state index in [1.54, 1.807) is 12.1 Å². The lowest BCUT2D eigenvalue weighted by atomic mass is 10.1. The van der Waals surface area contributed by atoms with Crippen molar-refractivity contribution in [3.8, 4) is 0 Å². The van der Waals surface area contributed by atoms with Crippen molar-refractivity contribution in [2.45, 2.75) is 32.7 Å². The smallest absolute Gasteiger partial charge is 0.303 e. The molecule has 0 aliphatic rings. The normalized spacial score (nSPS) is 11.9. The molecule has 0 aliphatic heterocycles. The molecule has 1 atom stereocenters. The van der Waals surface area contributed by atoms with Gasteiger partial charge in [0.2, 0.25) is 5.91 Å². The van der Waals surface area contributed by atoms with Crippen molar-refractivity contribution < 1.29 is 14.7 Å². The molecule has 98 valence electrons. The Kier molecular flexibility index (Phi) is 4.71. The number of primary amides is 1. The average Bonchev–Trinajstić information content (AvgIpc) is 2.29. The maximum absolute atomic E-state index is 11.2. The molecule has 1 amide bonds. The van der Waals surface area contributed by atoms with E-state index in [4.69, 9.17) is 10.8 Å². The average molecular weight is 250 g/mol. The lowest BCUT2D eigenvalue weighted by Crippen LogP contribution is -2.19. The number of carboxylic acids is 1. The summed E-state index contributed by atoms with van der Waals surface area (Å²) in [5, 5.41) is 11.8. The summed E-state index contributed by atoms with van der Waals surface area (Å²) >= 11 is 0. The van der Waals surface area contributed by atoms with Crippen molar-refractivity contribution >= 4 is 17.6 Å². The highest BCUT2D eigenvalue weighted by Crippen LogP contribution is 2.20. The fourth-order valence-electron chi connectivity index (χ4n) is 1.74. The lowest BCUT2D eigenvalue weighted by Gasteiger charge is -2.17. The van der Waals surface area contributed by atoms with Crippen LogP contribution in [0.15, 0.2) is 18.2 Å².